The third-order valence-electron chi connectivity index (χ3n) is 3.82. The maximum Gasteiger partial charge on any atom is 0.322 e. The third-order valence-corrected chi connectivity index (χ3v) is 3.82. The summed E-state index contributed by atoms with van der Waals surface area (Å²) in [5, 5.41) is 15.6. The summed E-state index contributed by atoms with van der Waals surface area (Å²) in [6.07, 6.45) is -0.646. The Morgan fingerprint density at radius 3 is 1.90 bits per heavy atom. The molecule has 3 unspecified atom stereocenters. The van der Waals surface area contributed by atoms with Gasteiger partial charge in [0.15, 0.2) is 0 Å². The first-order valence-electron chi connectivity index (χ1n) is 9.25. The van der Waals surface area contributed by atoms with Gasteiger partial charge in [0.05, 0.1) is 12.5 Å². The summed E-state index contributed by atoms with van der Waals surface area (Å²) in [6, 6.07) is -3.61. The highest BCUT2D eigenvalue weighted by Crippen LogP contribution is 2.07. The molecule has 0 aromatic carbocycles. The fourth-order valence-corrected chi connectivity index (χ4v) is 2.40. The normalized spacial score (nSPS) is 13.6. The number of hydrogen-bond donors (Lipinski definition) is 7. The van der Waals surface area contributed by atoms with Gasteiger partial charge in [-0.25, -0.2) is 0 Å². The Hall–Kier alpha value is -3.22. The number of nitrogens with one attached hydrogen (secondary N) is 3. The number of nitrogens with two attached hydrogens (primary N) is 3. The van der Waals surface area contributed by atoms with Gasteiger partial charge in [-0.2, -0.15) is 0 Å². The van der Waals surface area contributed by atoms with E-state index in [1.807, 2.05) is 0 Å². The molecule has 0 radical (unpaired) electrons. The number of carbonyl (C=O) groups excluding carboxylic acids is 5. The number of carboxylic acid groups (broad SMARTS) is 1. The Morgan fingerprint density at radius 2 is 1.43 bits per heavy atom. The van der Waals surface area contributed by atoms with Crippen LogP contribution in [0.3, 0.4) is 0 Å². The molecule has 0 saturated carbocycles. The van der Waals surface area contributed by atoms with Gasteiger partial charge >= 0.3 is 5.97 Å². The fraction of sp³-hybridized carbons (Fsp3) is 0.647. The van der Waals surface area contributed by atoms with Gasteiger partial charge in [-0.3, -0.25) is 28.8 Å². The molecule has 0 saturated heterocycles. The van der Waals surface area contributed by atoms with Crippen LogP contribution in [0.1, 0.15) is 39.5 Å². The molecule has 10 N–H and O–H groups in total. The van der Waals surface area contributed by atoms with Crippen molar-refractivity contribution in [2.24, 2.45) is 23.1 Å². The van der Waals surface area contributed by atoms with Crippen molar-refractivity contribution in [3.63, 3.8) is 0 Å². The highest BCUT2D eigenvalue weighted by Gasteiger charge is 2.29. The highest BCUT2D eigenvalue weighted by atomic mass is 16.4. The Kier molecular flexibility index (Phi) is 11.7. The number of carboxylic acids is 1. The summed E-state index contributed by atoms with van der Waals surface area (Å²) in [5.74, 6) is -5.20. The highest BCUT2D eigenvalue weighted by molar-refractivity contribution is 5.94. The van der Waals surface area contributed by atoms with Gasteiger partial charge in [0.2, 0.25) is 29.5 Å². The van der Waals surface area contributed by atoms with E-state index in [4.69, 9.17) is 22.3 Å². The van der Waals surface area contributed by atoms with E-state index in [2.05, 4.69) is 16.0 Å². The molecule has 30 heavy (non-hydrogen) atoms. The molecule has 0 aliphatic rings. The smallest absolute Gasteiger partial charge is 0.322 e. The first-order chi connectivity index (χ1) is 13.8. The number of primary amides is 2. The van der Waals surface area contributed by atoms with Gasteiger partial charge < -0.3 is 38.3 Å². The van der Waals surface area contributed by atoms with E-state index in [0.717, 1.165) is 0 Å². The Labute approximate surface area is 173 Å². The summed E-state index contributed by atoms with van der Waals surface area (Å²) in [4.78, 5) is 69.6. The van der Waals surface area contributed by atoms with Crippen LogP contribution >= 0.6 is 0 Å². The lowest BCUT2D eigenvalue weighted by Gasteiger charge is -2.24. The van der Waals surface area contributed by atoms with Gasteiger partial charge in [-0.05, 0) is 18.8 Å². The van der Waals surface area contributed by atoms with Crippen molar-refractivity contribution >= 4 is 35.5 Å². The molecule has 0 fully saturated rings. The van der Waals surface area contributed by atoms with E-state index in [1.165, 1.54) is 0 Å². The summed E-state index contributed by atoms with van der Waals surface area (Å²) >= 11 is 0. The van der Waals surface area contributed by atoms with E-state index in [-0.39, 0.29) is 25.2 Å². The maximum atomic E-state index is 12.7. The van der Waals surface area contributed by atoms with Gasteiger partial charge in [-0.1, -0.05) is 13.8 Å². The Bertz CT molecular complexity index is 667. The van der Waals surface area contributed by atoms with Crippen LogP contribution in [-0.2, 0) is 28.8 Å². The van der Waals surface area contributed by atoms with Crippen LogP contribution in [0.15, 0.2) is 0 Å². The lowest BCUT2D eigenvalue weighted by Crippen LogP contribution is -2.56. The largest absolute Gasteiger partial charge is 0.480 e. The van der Waals surface area contributed by atoms with Crippen molar-refractivity contribution in [2.45, 2.75) is 57.7 Å². The molecular weight excluding hydrogens is 400 g/mol. The number of amides is 5. The third kappa shape index (κ3) is 11.6. The van der Waals surface area contributed by atoms with Crippen LogP contribution in [0, 0.1) is 5.92 Å². The zero-order valence-corrected chi connectivity index (χ0v) is 17.0. The van der Waals surface area contributed by atoms with Crippen molar-refractivity contribution in [1.29, 1.82) is 0 Å². The van der Waals surface area contributed by atoms with Crippen LogP contribution in [0.5, 0.6) is 0 Å². The van der Waals surface area contributed by atoms with Crippen LogP contribution in [0.2, 0.25) is 0 Å². The summed E-state index contributed by atoms with van der Waals surface area (Å²) < 4.78 is 0. The minimum atomic E-state index is -1.29. The molecule has 0 bridgehead atoms. The second kappa shape index (κ2) is 13.1. The van der Waals surface area contributed by atoms with Crippen LogP contribution in [0.25, 0.3) is 0 Å². The molecule has 0 aliphatic heterocycles. The predicted octanol–water partition coefficient (Wildman–Crippen LogP) is -3.33. The molecular formula is C17H30N6O7. The average Bonchev–Trinajstić information content (AvgIpc) is 2.60. The molecule has 0 aromatic rings. The molecule has 0 aromatic heterocycles. The number of hydrogen-bond acceptors (Lipinski definition) is 7. The lowest BCUT2D eigenvalue weighted by molar-refractivity contribution is -0.138. The lowest BCUT2D eigenvalue weighted by atomic mass is 10.0. The quantitative estimate of drug-likeness (QED) is 0.147. The zero-order chi connectivity index (χ0) is 23.4. The minimum absolute atomic E-state index is 0.0432. The number of aliphatic carboxylic acids is 1. The van der Waals surface area contributed by atoms with Crippen molar-refractivity contribution in [1.82, 2.24) is 16.0 Å². The topological polar surface area (TPSA) is 237 Å². The van der Waals surface area contributed by atoms with E-state index in [0.29, 0.717) is 0 Å². The molecule has 170 valence electrons. The fourth-order valence-electron chi connectivity index (χ4n) is 2.40. The van der Waals surface area contributed by atoms with Crippen molar-refractivity contribution in [2.75, 3.05) is 6.54 Å². The average molecular weight is 430 g/mol. The van der Waals surface area contributed by atoms with Gasteiger partial charge in [0.25, 0.3) is 0 Å². The SMILES string of the molecule is CC(C)CC(NC(=O)C(N)CC(N)=O)C(=O)NC(CCC(N)=O)C(=O)NCC(=O)O. The molecule has 13 nitrogen and oxygen atoms in total. The second-order valence-electron chi connectivity index (χ2n) is 7.15. The van der Waals surface area contributed by atoms with Crippen molar-refractivity contribution in [3.05, 3.63) is 0 Å². The molecule has 0 aliphatic carbocycles. The minimum Gasteiger partial charge on any atom is -0.480 e. The number of carbonyl (C=O) groups is 6. The molecule has 5 amide bonds. The monoisotopic (exact) mass is 430 g/mol. The van der Waals surface area contributed by atoms with Crippen LogP contribution in [-0.4, -0.2) is 65.3 Å². The standard InChI is InChI=1S/C17H30N6O7/c1-8(2)5-11(23-15(28)9(18)6-13(20)25)17(30)22-10(3-4-12(19)24)16(29)21-7-14(26)27/h8-11H,3-7,18H2,1-2H3,(H2,19,24)(H2,20,25)(H,21,29)(H,22,30)(H,23,28)(H,26,27). The summed E-state index contributed by atoms with van der Waals surface area (Å²) in [6.45, 7) is 2.90. The Morgan fingerprint density at radius 1 is 0.867 bits per heavy atom. The van der Waals surface area contributed by atoms with Gasteiger partial charge in [0, 0.05) is 6.42 Å². The first kappa shape index (κ1) is 26.8. The summed E-state index contributed by atoms with van der Waals surface area (Å²) in [7, 11) is 0. The predicted molar refractivity (Wildman–Crippen MR) is 104 cm³/mol. The molecule has 0 heterocycles. The number of rotatable bonds is 14. The van der Waals surface area contributed by atoms with Crippen LogP contribution in [0.4, 0.5) is 0 Å². The van der Waals surface area contributed by atoms with E-state index < -0.39 is 66.6 Å². The second-order valence-corrected chi connectivity index (χ2v) is 7.15. The van der Waals surface area contributed by atoms with E-state index in [1.54, 1.807) is 13.8 Å². The van der Waals surface area contributed by atoms with Crippen molar-refractivity contribution < 1.29 is 33.9 Å². The molecule has 13 heteroatoms. The van der Waals surface area contributed by atoms with Crippen molar-refractivity contribution in [3.8, 4) is 0 Å². The van der Waals surface area contributed by atoms with Gasteiger partial charge in [-0.15, -0.1) is 0 Å². The van der Waals surface area contributed by atoms with Gasteiger partial charge in [0.1, 0.15) is 18.6 Å². The van der Waals surface area contributed by atoms with Crippen LogP contribution < -0.4 is 33.2 Å². The van der Waals surface area contributed by atoms with E-state index >= 15 is 0 Å². The maximum absolute atomic E-state index is 12.7. The summed E-state index contributed by atoms with van der Waals surface area (Å²) in [5.41, 5.74) is 15.7. The molecule has 0 rings (SSSR count). The Balaban J connectivity index is 5.30. The van der Waals surface area contributed by atoms with E-state index in [9.17, 15) is 28.8 Å². The molecule has 0 spiro atoms. The zero-order valence-electron chi connectivity index (χ0n) is 17.0. The first-order valence-corrected chi connectivity index (χ1v) is 9.25. The molecule has 3 atom stereocenters.